The molecule has 2 fully saturated rings. The summed E-state index contributed by atoms with van der Waals surface area (Å²) in [6.45, 7) is 2.26. The molecule has 3 aliphatic rings. The standard InChI is InChI=1S/C24H24N6OS/c1-29-12-19-11-18(29)13-30(19)17-5-3-16(4-6-17)26-24-25-9-8-20(28-24)15-2-7-21-22(10-15)32-14-23(31)27-21/h2-10,18-19H,11-14H2,1H3,(H,27,31)(H,25,26,28)/t18-,19-/m0/s1. The van der Waals surface area contributed by atoms with E-state index >= 15 is 0 Å². The summed E-state index contributed by atoms with van der Waals surface area (Å²) in [7, 11) is 2.23. The summed E-state index contributed by atoms with van der Waals surface area (Å²) in [5.74, 6) is 1.05. The number of fused-ring (bicyclic) bond motifs is 3. The van der Waals surface area contributed by atoms with E-state index in [1.807, 2.05) is 18.2 Å². The van der Waals surface area contributed by atoms with Gasteiger partial charge in [0.05, 0.1) is 17.1 Å². The van der Waals surface area contributed by atoms with Crippen LogP contribution in [0.4, 0.5) is 23.0 Å². The molecule has 0 unspecified atom stereocenters. The van der Waals surface area contributed by atoms with Crippen molar-refractivity contribution in [3.63, 3.8) is 0 Å². The summed E-state index contributed by atoms with van der Waals surface area (Å²) >= 11 is 1.55. The van der Waals surface area contributed by atoms with Crippen molar-refractivity contribution in [3.8, 4) is 11.3 Å². The van der Waals surface area contributed by atoms with E-state index in [0.29, 0.717) is 23.8 Å². The topological polar surface area (TPSA) is 73.4 Å². The Kier molecular flexibility index (Phi) is 4.77. The number of carbonyl (C=O) groups excluding carboxylic acids is 1. The first-order valence-corrected chi connectivity index (χ1v) is 11.8. The molecular weight excluding hydrogens is 420 g/mol. The Morgan fingerprint density at radius 2 is 1.97 bits per heavy atom. The minimum absolute atomic E-state index is 0.0411. The number of anilines is 4. The van der Waals surface area contributed by atoms with Crippen molar-refractivity contribution in [1.82, 2.24) is 14.9 Å². The molecule has 4 heterocycles. The van der Waals surface area contributed by atoms with Crippen LogP contribution in [0.15, 0.2) is 59.6 Å². The third kappa shape index (κ3) is 3.59. The summed E-state index contributed by atoms with van der Waals surface area (Å²) in [6.07, 6.45) is 3.04. The molecule has 2 aromatic carbocycles. The van der Waals surface area contributed by atoms with Gasteiger partial charge in [-0.1, -0.05) is 6.07 Å². The summed E-state index contributed by atoms with van der Waals surface area (Å²) in [5.41, 5.74) is 4.96. The Morgan fingerprint density at radius 1 is 1.09 bits per heavy atom. The maximum absolute atomic E-state index is 11.6. The molecule has 7 nitrogen and oxygen atoms in total. The van der Waals surface area contributed by atoms with Gasteiger partial charge in [0.15, 0.2) is 0 Å². The van der Waals surface area contributed by atoms with Crippen LogP contribution in [-0.4, -0.2) is 58.7 Å². The third-order valence-electron chi connectivity index (χ3n) is 6.54. The smallest absolute Gasteiger partial charge is 0.234 e. The first kappa shape index (κ1) is 19.6. The number of likely N-dealkylation sites (N-methyl/N-ethyl adjacent to an activating group) is 1. The number of benzene rings is 2. The van der Waals surface area contributed by atoms with Gasteiger partial charge in [0.1, 0.15) is 0 Å². The van der Waals surface area contributed by atoms with Gasteiger partial charge in [-0.2, -0.15) is 0 Å². The number of piperazine rings is 1. The van der Waals surface area contributed by atoms with Crippen LogP contribution in [0.5, 0.6) is 0 Å². The largest absolute Gasteiger partial charge is 0.366 e. The molecule has 32 heavy (non-hydrogen) atoms. The van der Waals surface area contributed by atoms with E-state index in [9.17, 15) is 4.79 Å². The number of likely N-dealkylation sites (tertiary alicyclic amines) is 1. The van der Waals surface area contributed by atoms with Gasteiger partial charge < -0.3 is 15.5 Å². The van der Waals surface area contributed by atoms with Gasteiger partial charge in [-0.15, -0.1) is 11.8 Å². The summed E-state index contributed by atoms with van der Waals surface area (Å²) in [4.78, 5) is 26.7. The summed E-state index contributed by atoms with van der Waals surface area (Å²) < 4.78 is 0. The van der Waals surface area contributed by atoms with E-state index in [1.54, 1.807) is 18.0 Å². The summed E-state index contributed by atoms with van der Waals surface area (Å²) in [6, 6.07) is 17.8. The van der Waals surface area contributed by atoms with Crippen molar-refractivity contribution in [2.75, 3.05) is 41.4 Å². The molecule has 162 valence electrons. The average Bonchev–Trinajstić information content (AvgIpc) is 3.39. The molecule has 3 aromatic rings. The zero-order valence-corrected chi connectivity index (χ0v) is 18.6. The zero-order valence-electron chi connectivity index (χ0n) is 17.8. The van der Waals surface area contributed by atoms with Crippen LogP contribution in [0.3, 0.4) is 0 Å². The Balaban J connectivity index is 1.18. The Bertz CT molecular complexity index is 1180. The molecular formula is C24H24N6OS. The maximum Gasteiger partial charge on any atom is 0.234 e. The van der Waals surface area contributed by atoms with Crippen LogP contribution < -0.4 is 15.5 Å². The molecule has 2 atom stereocenters. The normalized spacial score (nSPS) is 22.0. The fourth-order valence-corrected chi connectivity index (χ4v) is 5.70. The number of amides is 1. The Labute approximate surface area is 191 Å². The number of nitrogens with zero attached hydrogens (tertiary/aromatic N) is 4. The van der Waals surface area contributed by atoms with E-state index in [1.165, 1.54) is 12.1 Å². The maximum atomic E-state index is 11.6. The predicted octanol–water partition coefficient (Wildman–Crippen LogP) is 3.82. The van der Waals surface area contributed by atoms with E-state index < -0.39 is 0 Å². The number of rotatable bonds is 4. The minimum Gasteiger partial charge on any atom is -0.366 e. The SMILES string of the molecule is CN1C[C@@H]2C[C@H]1CN2c1ccc(Nc2nccc(-c3ccc4c(c3)SCC(=O)N4)n2)cc1. The monoisotopic (exact) mass is 444 g/mol. The summed E-state index contributed by atoms with van der Waals surface area (Å²) in [5, 5.41) is 6.24. The van der Waals surface area contributed by atoms with Gasteiger partial charge in [0.2, 0.25) is 11.9 Å². The number of thioether (sulfide) groups is 1. The molecule has 2 bridgehead atoms. The molecule has 0 spiro atoms. The van der Waals surface area contributed by atoms with Crippen molar-refractivity contribution < 1.29 is 4.79 Å². The van der Waals surface area contributed by atoms with Crippen LogP contribution in [0.25, 0.3) is 11.3 Å². The van der Waals surface area contributed by atoms with Crippen LogP contribution in [0.1, 0.15) is 6.42 Å². The highest BCUT2D eigenvalue weighted by molar-refractivity contribution is 8.00. The van der Waals surface area contributed by atoms with Crippen LogP contribution in [0, 0.1) is 0 Å². The second kappa shape index (κ2) is 7.79. The van der Waals surface area contributed by atoms with Gasteiger partial charge in [-0.25, -0.2) is 9.97 Å². The van der Waals surface area contributed by atoms with E-state index in [4.69, 9.17) is 4.98 Å². The molecule has 6 rings (SSSR count). The van der Waals surface area contributed by atoms with E-state index in [-0.39, 0.29) is 5.91 Å². The van der Waals surface area contributed by atoms with Crippen LogP contribution >= 0.6 is 11.8 Å². The molecule has 0 radical (unpaired) electrons. The van der Waals surface area contributed by atoms with Crippen molar-refractivity contribution >= 4 is 40.7 Å². The van der Waals surface area contributed by atoms with E-state index in [2.05, 4.69) is 62.8 Å². The van der Waals surface area contributed by atoms with Gasteiger partial charge in [-0.3, -0.25) is 9.69 Å². The zero-order chi connectivity index (χ0) is 21.7. The second-order valence-corrected chi connectivity index (χ2v) is 9.64. The van der Waals surface area contributed by atoms with Crippen molar-refractivity contribution in [3.05, 3.63) is 54.7 Å². The Hall–Kier alpha value is -3.10. The van der Waals surface area contributed by atoms with Crippen LogP contribution in [0.2, 0.25) is 0 Å². The van der Waals surface area contributed by atoms with Gasteiger partial charge in [0.25, 0.3) is 0 Å². The lowest BCUT2D eigenvalue weighted by Crippen LogP contribution is -2.44. The molecule has 0 saturated carbocycles. The lowest BCUT2D eigenvalue weighted by Gasteiger charge is -2.33. The van der Waals surface area contributed by atoms with Crippen molar-refractivity contribution in [2.45, 2.75) is 23.4 Å². The Morgan fingerprint density at radius 3 is 2.75 bits per heavy atom. The molecule has 0 aliphatic carbocycles. The molecule has 8 heteroatoms. The molecule has 3 aliphatic heterocycles. The molecule has 2 saturated heterocycles. The quantitative estimate of drug-likeness (QED) is 0.634. The number of carbonyl (C=O) groups is 1. The van der Waals surface area contributed by atoms with Crippen molar-refractivity contribution in [2.24, 2.45) is 0 Å². The van der Waals surface area contributed by atoms with Gasteiger partial charge in [-0.05, 0) is 55.9 Å². The fourth-order valence-electron chi connectivity index (χ4n) is 4.86. The lowest BCUT2D eigenvalue weighted by atomic mass is 10.1. The second-order valence-electron chi connectivity index (χ2n) is 8.62. The average molecular weight is 445 g/mol. The highest BCUT2D eigenvalue weighted by Crippen LogP contribution is 2.36. The van der Waals surface area contributed by atoms with Crippen molar-refractivity contribution in [1.29, 1.82) is 0 Å². The predicted molar refractivity (Wildman–Crippen MR) is 129 cm³/mol. The molecule has 1 aromatic heterocycles. The number of hydrogen-bond acceptors (Lipinski definition) is 7. The van der Waals surface area contributed by atoms with Crippen LogP contribution in [-0.2, 0) is 4.79 Å². The number of nitrogens with one attached hydrogen (secondary N) is 2. The van der Waals surface area contributed by atoms with E-state index in [0.717, 1.165) is 40.6 Å². The lowest BCUT2D eigenvalue weighted by molar-refractivity contribution is -0.113. The molecule has 1 amide bonds. The third-order valence-corrected chi connectivity index (χ3v) is 7.59. The highest BCUT2D eigenvalue weighted by atomic mass is 32.2. The first-order valence-electron chi connectivity index (χ1n) is 10.9. The first-order chi connectivity index (χ1) is 15.6. The minimum atomic E-state index is 0.0411. The number of hydrogen-bond donors (Lipinski definition) is 2. The van der Waals surface area contributed by atoms with Gasteiger partial charge >= 0.3 is 0 Å². The molecule has 2 N–H and O–H groups in total. The highest BCUT2D eigenvalue weighted by Gasteiger charge is 2.41. The fraction of sp³-hybridized carbons (Fsp3) is 0.292. The van der Waals surface area contributed by atoms with Gasteiger partial charge in [0, 0.05) is 53.2 Å². The number of aromatic nitrogens is 2.